The van der Waals surface area contributed by atoms with Crippen LogP contribution in [0.3, 0.4) is 0 Å². The Morgan fingerprint density at radius 1 is 0.618 bits per heavy atom. The van der Waals surface area contributed by atoms with Gasteiger partial charge in [0.05, 0.1) is 24.9 Å². The SMILES string of the molecule is CSCC[C@H](NC(=O)[C@H](CC(=O)O)NC(=O)[C@H](C)NC(=O)[C@H](CCSC)NC(=O)[C@@H](N)Cc1cnc[nH]1)C(=O)N[C@H](C(=O)N[C@H](C(=O)N[C@@H](Cc1c[nH]c2ccccc12)C(=O)N[C@@H](CC(C)C)C(=O)O)[C@@H](C)O)C(C)C. The van der Waals surface area contributed by atoms with E-state index in [1.165, 1.54) is 49.9 Å². The number of benzene rings is 1. The third-order valence-corrected chi connectivity index (χ3v) is 13.2. The highest BCUT2D eigenvalue weighted by atomic mass is 32.2. The Morgan fingerprint density at radius 2 is 1.14 bits per heavy atom. The van der Waals surface area contributed by atoms with E-state index in [1.807, 2.05) is 0 Å². The number of hydrogen-bond acceptors (Lipinski definition) is 15. The largest absolute Gasteiger partial charge is 0.481 e. The number of fused-ring (bicyclic) bond motifs is 1. The monoisotopic (exact) mass is 1100 g/mol. The molecule has 10 atom stereocenters. The Labute approximate surface area is 449 Å². The standard InChI is InChI=1S/C49H74N12O13S2/c1-24(2)17-37(49(73)74)59-45(69)35(18-28-21-52-32-12-10-9-11-30(28)32)58-48(72)40(27(6)62)61-47(71)39(25(3)4)60-44(68)34(14-16-76-8)56-46(70)36(20-38(63)64)57-41(65)26(5)54-43(67)33(13-15-75-7)55-42(66)31(50)19-29-22-51-23-53-29/h9-12,21-27,31,33-37,39-40,52,62H,13-20,50H2,1-8H3,(H,51,53)(H,54,67)(H,55,66)(H,56,70)(H,57,65)(H,58,72)(H,59,69)(H,60,68)(H,61,71)(H,63,64)(H,73,74)/t26-,27+,31-,33-,34-,35-,36-,37-,39-,40-/m0/s1. The van der Waals surface area contributed by atoms with Crippen LogP contribution in [0.15, 0.2) is 43.0 Å². The molecule has 0 bridgehead atoms. The molecule has 15 N–H and O–H groups in total. The number of thioether (sulfide) groups is 2. The molecule has 2 aromatic heterocycles. The number of aliphatic hydroxyl groups excluding tert-OH is 1. The molecular formula is C49H74N12O13S2. The minimum Gasteiger partial charge on any atom is -0.481 e. The average molecular weight is 1100 g/mol. The van der Waals surface area contributed by atoms with Crippen molar-refractivity contribution in [2.75, 3.05) is 24.0 Å². The smallest absolute Gasteiger partial charge is 0.326 e. The van der Waals surface area contributed by atoms with Gasteiger partial charge in [-0.25, -0.2) is 9.78 Å². The Kier molecular flexibility index (Phi) is 26.2. The fourth-order valence-corrected chi connectivity index (χ4v) is 8.68. The summed E-state index contributed by atoms with van der Waals surface area (Å²) in [5.74, 6) is -10.0. The Hall–Kier alpha value is -6.71. The van der Waals surface area contributed by atoms with E-state index in [-0.39, 0.29) is 43.8 Å². The molecule has 0 aliphatic rings. The molecule has 420 valence electrons. The number of nitrogens with two attached hydrogens (primary N) is 1. The van der Waals surface area contributed by atoms with Crippen molar-refractivity contribution in [1.82, 2.24) is 57.5 Å². The molecule has 0 aliphatic heterocycles. The molecule has 2 heterocycles. The maximum Gasteiger partial charge on any atom is 0.326 e. The van der Waals surface area contributed by atoms with Crippen LogP contribution in [0.4, 0.5) is 0 Å². The first-order valence-electron chi connectivity index (χ1n) is 24.7. The van der Waals surface area contributed by atoms with Crippen LogP contribution in [-0.4, -0.2) is 174 Å². The predicted molar refractivity (Wildman–Crippen MR) is 285 cm³/mol. The number of hydrogen-bond donors (Lipinski definition) is 14. The van der Waals surface area contributed by atoms with Crippen LogP contribution in [0.5, 0.6) is 0 Å². The Morgan fingerprint density at radius 3 is 1.70 bits per heavy atom. The maximum atomic E-state index is 14.0. The van der Waals surface area contributed by atoms with E-state index >= 15 is 0 Å². The summed E-state index contributed by atoms with van der Waals surface area (Å²) in [4.78, 5) is 144. The first kappa shape index (κ1) is 63.6. The van der Waals surface area contributed by atoms with Gasteiger partial charge in [-0.15, -0.1) is 0 Å². The van der Waals surface area contributed by atoms with Crippen molar-refractivity contribution < 1.29 is 63.3 Å². The zero-order valence-corrected chi connectivity index (χ0v) is 45.5. The number of amides is 8. The van der Waals surface area contributed by atoms with Gasteiger partial charge in [-0.2, -0.15) is 23.5 Å². The molecule has 0 saturated carbocycles. The van der Waals surface area contributed by atoms with E-state index in [4.69, 9.17) is 5.73 Å². The van der Waals surface area contributed by atoms with Crippen LogP contribution >= 0.6 is 23.5 Å². The van der Waals surface area contributed by atoms with Crippen LogP contribution in [0.2, 0.25) is 0 Å². The number of H-pyrrole nitrogens is 2. The summed E-state index contributed by atoms with van der Waals surface area (Å²) < 4.78 is 0. The van der Waals surface area contributed by atoms with Gasteiger partial charge in [0.15, 0.2) is 0 Å². The molecule has 0 saturated heterocycles. The summed E-state index contributed by atoms with van der Waals surface area (Å²) in [6, 6.07) is -5.36. The van der Waals surface area contributed by atoms with E-state index in [9.17, 15) is 63.3 Å². The van der Waals surface area contributed by atoms with Gasteiger partial charge in [0, 0.05) is 41.8 Å². The quantitative estimate of drug-likeness (QED) is 0.0350. The molecule has 0 unspecified atom stereocenters. The number of aromatic amines is 2. The van der Waals surface area contributed by atoms with Gasteiger partial charge >= 0.3 is 11.9 Å². The van der Waals surface area contributed by atoms with E-state index in [2.05, 4.69) is 57.5 Å². The molecule has 76 heavy (non-hydrogen) atoms. The van der Waals surface area contributed by atoms with Crippen LogP contribution in [0.1, 0.15) is 78.5 Å². The van der Waals surface area contributed by atoms with Gasteiger partial charge in [-0.05, 0) is 80.6 Å². The number of aliphatic hydroxyl groups is 1. The summed E-state index contributed by atoms with van der Waals surface area (Å²) in [6.07, 6.45) is 5.74. The predicted octanol–water partition coefficient (Wildman–Crippen LogP) is -0.950. The second kappa shape index (κ2) is 31.4. The summed E-state index contributed by atoms with van der Waals surface area (Å²) in [6.45, 7) is 9.21. The Balaban J connectivity index is 1.78. The third kappa shape index (κ3) is 20.4. The van der Waals surface area contributed by atoms with Crippen molar-refractivity contribution in [3.05, 3.63) is 54.2 Å². The van der Waals surface area contributed by atoms with Gasteiger partial charge in [-0.3, -0.25) is 43.2 Å². The molecule has 0 radical (unpaired) electrons. The average Bonchev–Trinajstić information content (AvgIpc) is 4.03. The summed E-state index contributed by atoms with van der Waals surface area (Å²) in [5, 5.41) is 51.2. The molecule has 0 aliphatic carbocycles. The number of imidazole rings is 1. The van der Waals surface area contributed by atoms with Crippen molar-refractivity contribution in [2.24, 2.45) is 17.6 Å². The molecule has 25 nitrogen and oxygen atoms in total. The zero-order valence-electron chi connectivity index (χ0n) is 43.9. The van der Waals surface area contributed by atoms with Crippen molar-refractivity contribution in [2.45, 2.75) is 141 Å². The number of aliphatic carboxylic acids is 2. The zero-order chi connectivity index (χ0) is 56.8. The second-order valence-electron chi connectivity index (χ2n) is 19.1. The first-order chi connectivity index (χ1) is 35.9. The fourth-order valence-electron chi connectivity index (χ4n) is 7.74. The number of rotatable bonds is 33. The lowest BCUT2D eigenvalue weighted by atomic mass is 10.00. The molecular weight excluding hydrogens is 1030 g/mol. The highest BCUT2D eigenvalue weighted by molar-refractivity contribution is 7.98. The summed E-state index contributed by atoms with van der Waals surface area (Å²) >= 11 is 2.71. The van der Waals surface area contributed by atoms with Gasteiger partial charge in [-0.1, -0.05) is 45.9 Å². The molecule has 27 heteroatoms. The van der Waals surface area contributed by atoms with Crippen LogP contribution < -0.4 is 48.3 Å². The third-order valence-electron chi connectivity index (χ3n) is 11.9. The summed E-state index contributed by atoms with van der Waals surface area (Å²) in [5.41, 5.74) is 7.99. The number of nitrogens with one attached hydrogen (secondary N) is 10. The van der Waals surface area contributed by atoms with E-state index in [1.54, 1.807) is 70.7 Å². The van der Waals surface area contributed by atoms with Gasteiger partial charge in [0.25, 0.3) is 0 Å². The van der Waals surface area contributed by atoms with Crippen molar-refractivity contribution >= 4 is 93.6 Å². The number of nitrogens with zero attached hydrogens (tertiary/aromatic N) is 1. The number of carboxylic acids is 2. The van der Waals surface area contributed by atoms with Gasteiger partial charge < -0.3 is 73.6 Å². The molecule has 1 aromatic carbocycles. The van der Waals surface area contributed by atoms with Crippen LogP contribution in [-0.2, 0) is 60.8 Å². The molecule has 0 spiro atoms. The second-order valence-corrected chi connectivity index (χ2v) is 21.0. The van der Waals surface area contributed by atoms with Crippen molar-refractivity contribution in [3.8, 4) is 0 Å². The van der Waals surface area contributed by atoms with Crippen molar-refractivity contribution in [3.63, 3.8) is 0 Å². The van der Waals surface area contributed by atoms with Gasteiger partial charge in [0.2, 0.25) is 47.3 Å². The molecule has 8 amide bonds. The minimum absolute atomic E-state index is 0.0431. The summed E-state index contributed by atoms with van der Waals surface area (Å²) in [7, 11) is 0. The fraction of sp³-hybridized carbons (Fsp3) is 0.571. The first-order valence-corrected chi connectivity index (χ1v) is 27.5. The Bertz CT molecular complexity index is 2450. The normalized spacial score (nSPS) is 15.3. The maximum absolute atomic E-state index is 14.0. The molecule has 3 rings (SSSR count). The number of aromatic nitrogens is 3. The lowest BCUT2D eigenvalue weighted by Crippen LogP contribution is -2.62. The minimum atomic E-state index is -1.77. The lowest BCUT2D eigenvalue weighted by molar-refractivity contribution is -0.143. The molecule has 0 fully saturated rings. The van der Waals surface area contributed by atoms with Crippen LogP contribution in [0.25, 0.3) is 10.9 Å². The van der Waals surface area contributed by atoms with E-state index in [0.717, 1.165) is 10.9 Å². The number of carbonyl (C=O) groups is 10. The van der Waals surface area contributed by atoms with Gasteiger partial charge in [0.1, 0.15) is 48.3 Å². The number of carbonyl (C=O) groups excluding carboxylic acids is 8. The van der Waals surface area contributed by atoms with E-state index < -0.39 is 132 Å². The topological polar surface area (TPSA) is 398 Å². The van der Waals surface area contributed by atoms with Crippen LogP contribution in [0, 0.1) is 11.8 Å². The highest BCUT2D eigenvalue weighted by Gasteiger charge is 2.37. The number of para-hydroxylation sites is 1. The number of carboxylic acid groups (broad SMARTS) is 2. The van der Waals surface area contributed by atoms with E-state index in [0.29, 0.717) is 17.0 Å². The lowest BCUT2D eigenvalue weighted by Gasteiger charge is -2.29. The highest BCUT2D eigenvalue weighted by Crippen LogP contribution is 2.20. The molecule has 3 aromatic rings. The van der Waals surface area contributed by atoms with Crippen molar-refractivity contribution in [1.29, 1.82) is 0 Å².